The van der Waals surface area contributed by atoms with Crippen molar-refractivity contribution in [3.63, 3.8) is 0 Å². The summed E-state index contributed by atoms with van der Waals surface area (Å²) in [5.74, 6) is 0.0496. The summed E-state index contributed by atoms with van der Waals surface area (Å²) < 4.78 is 36.8. The van der Waals surface area contributed by atoms with Gasteiger partial charge in [0.1, 0.15) is 0 Å². The number of rotatable bonds is 3. The van der Waals surface area contributed by atoms with Crippen molar-refractivity contribution in [3.05, 3.63) is 50.0 Å². The highest BCUT2D eigenvalue weighted by Gasteiger charge is 2.43. The SMILES string of the molecule is FC1(F)Oc2ccc(CC(=S)Nc3ccc(Br)cc3I)cc2O1. The lowest BCUT2D eigenvalue weighted by Gasteiger charge is -2.10. The first-order chi connectivity index (χ1) is 10.8. The lowest BCUT2D eigenvalue weighted by Crippen LogP contribution is -2.25. The fraction of sp³-hybridized carbons (Fsp3) is 0.133. The van der Waals surface area contributed by atoms with Gasteiger partial charge in [-0.3, -0.25) is 0 Å². The van der Waals surface area contributed by atoms with Gasteiger partial charge < -0.3 is 14.8 Å². The van der Waals surface area contributed by atoms with Crippen LogP contribution in [0.5, 0.6) is 11.5 Å². The lowest BCUT2D eigenvalue weighted by molar-refractivity contribution is -0.286. The summed E-state index contributed by atoms with van der Waals surface area (Å²) in [6.07, 6.45) is -3.20. The third-order valence-corrected chi connectivity index (χ3v) is 4.67. The molecule has 0 spiro atoms. The molecule has 2 aromatic rings. The molecule has 2 aromatic carbocycles. The van der Waals surface area contributed by atoms with Crippen LogP contribution in [0.2, 0.25) is 0 Å². The van der Waals surface area contributed by atoms with Gasteiger partial charge in [-0.05, 0) is 58.5 Å². The molecule has 3 rings (SSSR count). The van der Waals surface area contributed by atoms with Crippen LogP contribution in [0.1, 0.15) is 5.56 Å². The molecular formula is C15H9BrF2INO2S. The van der Waals surface area contributed by atoms with Crippen molar-refractivity contribution in [1.82, 2.24) is 0 Å². The van der Waals surface area contributed by atoms with Crippen molar-refractivity contribution in [2.75, 3.05) is 5.32 Å². The molecule has 0 radical (unpaired) electrons. The molecule has 0 aromatic heterocycles. The maximum atomic E-state index is 13.0. The van der Waals surface area contributed by atoms with E-state index in [2.05, 4.69) is 53.3 Å². The third-order valence-electron chi connectivity index (χ3n) is 3.04. The Morgan fingerprint density at radius 3 is 2.65 bits per heavy atom. The highest BCUT2D eigenvalue weighted by atomic mass is 127. The molecule has 0 fully saturated rings. The molecule has 3 nitrogen and oxygen atoms in total. The number of fused-ring (bicyclic) bond motifs is 1. The zero-order chi connectivity index (χ0) is 16.6. The Kier molecular flexibility index (Phi) is 4.75. The van der Waals surface area contributed by atoms with Crippen molar-refractivity contribution in [3.8, 4) is 11.5 Å². The summed E-state index contributed by atoms with van der Waals surface area (Å²) in [5.41, 5.74) is 1.65. The molecule has 0 saturated heterocycles. The van der Waals surface area contributed by atoms with Gasteiger partial charge in [-0.2, -0.15) is 0 Å². The van der Waals surface area contributed by atoms with Gasteiger partial charge in [0.05, 0.1) is 10.7 Å². The van der Waals surface area contributed by atoms with Crippen LogP contribution in [0.4, 0.5) is 14.5 Å². The minimum absolute atomic E-state index is 0.0218. The Labute approximate surface area is 158 Å². The standard InChI is InChI=1S/C15H9BrF2INO2S/c16-9-2-3-11(10(19)7-9)20-14(23)6-8-1-4-12-13(5-8)22-15(17,18)21-12/h1-5,7H,6H2,(H,20,23). The van der Waals surface area contributed by atoms with E-state index in [9.17, 15) is 8.78 Å². The van der Waals surface area contributed by atoms with Crippen LogP contribution in [-0.4, -0.2) is 11.3 Å². The molecule has 8 heteroatoms. The second kappa shape index (κ2) is 6.48. The monoisotopic (exact) mass is 511 g/mol. The second-order valence-corrected chi connectivity index (χ2v) is 7.37. The Morgan fingerprint density at radius 1 is 1.17 bits per heavy atom. The van der Waals surface area contributed by atoms with E-state index in [4.69, 9.17) is 12.2 Å². The van der Waals surface area contributed by atoms with Gasteiger partial charge in [-0.15, -0.1) is 8.78 Å². The second-order valence-electron chi connectivity index (χ2n) is 4.80. The van der Waals surface area contributed by atoms with Gasteiger partial charge in [-0.1, -0.05) is 34.2 Å². The largest absolute Gasteiger partial charge is 0.586 e. The molecule has 0 atom stereocenters. The van der Waals surface area contributed by atoms with E-state index in [0.717, 1.165) is 19.3 Å². The molecule has 0 unspecified atom stereocenters. The van der Waals surface area contributed by atoms with Crippen molar-refractivity contribution < 1.29 is 18.3 Å². The van der Waals surface area contributed by atoms with Crippen LogP contribution in [0.15, 0.2) is 40.9 Å². The first-order valence-corrected chi connectivity index (χ1v) is 8.74. The van der Waals surface area contributed by atoms with E-state index >= 15 is 0 Å². The van der Waals surface area contributed by atoms with E-state index < -0.39 is 6.29 Å². The minimum Gasteiger partial charge on any atom is -0.395 e. The first kappa shape index (κ1) is 16.8. The maximum absolute atomic E-state index is 13.0. The molecule has 1 N–H and O–H groups in total. The van der Waals surface area contributed by atoms with Crippen molar-refractivity contribution in [2.24, 2.45) is 0 Å². The highest BCUT2D eigenvalue weighted by molar-refractivity contribution is 14.1. The number of benzene rings is 2. The summed E-state index contributed by atoms with van der Waals surface area (Å²) in [7, 11) is 0. The number of thiocarbonyl (C=S) groups is 1. The summed E-state index contributed by atoms with van der Waals surface area (Å²) in [6, 6.07) is 10.4. The zero-order valence-electron chi connectivity index (χ0n) is 11.4. The lowest BCUT2D eigenvalue weighted by atomic mass is 10.1. The van der Waals surface area contributed by atoms with Crippen molar-refractivity contribution in [1.29, 1.82) is 0 Å². The van der Waals surface area contributed by atoms with Gasteiger partial charge >= 0.3 is 6.29 Å². The number of anilines is 1. The van der Waals surface area contributed by atoms with E-state index in [-0.39, 0.29) is 11.5 Å². The fourth-order valence-electron chi connectivity index (χ4n) is 2.07. The summed E-state index contributed by atoms with van der Waals surface area (Å²) >= 11 is 10.9. The molecule has 0 saturated carbocycles. The van der Waals surface area contributed by atoms with Gasteiger partial charge in [0, 0.05) is 14.5 Å². The van der Waals surface area contributed by atoms with Gasteiger partial charge in [0.2, 0.25) is 0 Å². The van der Waals surface area contributed by atoms with Gasteiger partial charge in [0.15, 0.2) is 11.5 Å². The normalized spacial score (nSPS) is 14.6. The number of hydrogen-bond donors (Lipinski definition) is 1. The van der Waals surface area contributed by atoms with E-state index in [1.54, 1.807) is 6.07 Å². The zero-order valence-corrected chi connectivity index (χ0v) is 16.0. The summed E-state index contributed by atoms with van der Waals surface area (Å²) in [5, 5.41) is 3.15. The molecular weight excluding hydrogens is 503 g/mol. The van der Waals surface area contributed by atoms with E-state index in [0.29, 0.717) is 11.4 Å². The van der Waals surface area contributed by atoms with E-state index in [1.807, 2.05) is 18.2 Å². The van der Waals surface area contributed by atoms with Crippen LogP contribution in [0.3, 0.4) is 0 Å². The first-order valence-electron chi connectivity index (χ1n) is 6.46. The fourth-order valence-corrected chi connectivity index (χ4v) is 3.79. The molecule has 0 bridgehead atoms. The van der Waals surface area contributed by atoms with Crippen molar-refractivity contribution in [2.45, 2.75) is 12.7 Å². The minimum atomic E-state index is -3.60. The average Bonchev–Trinajstić information content (AvgIpc) is 2.75. The van der Waals surface area contributed by atoms with Crippen LogP contribution < -0.4 is 14.8 Å². The predicted octanol–water partition coefficient (Wildman–Crippen LogP) is 5.36. The van der Waals surface area contributed by atoms with Crippen LogP contribution in [-0.2, 0) is 6.42 Å². The molecule has 120 valence electrons. The molecule has 1 heterocycles. The Hall–Kier alpha value is -1.000. The number of halogens is 4. The molecule has 0 aliphatic carbocycles. The van der Waals surface area contributed by atoms with E-state index in [1.165, 1.54) is 12.1 Å². The average molecular weight is 512 g/mol. The van der Waals surface area contributed by atoms with Gasteiger partial charge in [0.25, 0.3) is 0 Å². The summed E-state index contributed by atoms with van der Waals surface area (Å²) in [6.45, 7) is 0. The van der Waals surface area contributed by atoms with Crippen LogP contribution in [0, 0.1) is 3.57 Å². The third kappa shape index (κ3) is 4.10. The Morgan fingerprint density at radius 2 is 1.91 bits per heavy atom. The number of alkyl halides is 2. The van der Waals surface area contributed by atoms with Crippen LogP contribution in [0.25, 0.3) is 0 Å². The maximum Gasteiger partial charge on any atom is 0.586 e. The quantitative estimate of drug-likeness (QED) is 0.444. The molecule has 1 aliphatic heterocycles. The highest BCUT2D eigenvalue weighted by Crippen LogP contribution is 2.41. The molecule has 23 heavy (non-hydrogen) atoms. The predicted molar refractivity (Wildman–Crippen MR) is 99.4 cm³/mol. The Balaban J connectivity index is 1.69. The number of nitrogens with one attached hydrogen (secondary N) is 1. The van der Waals surface area contributed by atoms with Crippen LogP contribution >= 0.6 is 50.7 Å². The number of hydrogen-bond acceptors (Lipinski definition) is 3. The van der Waals surface area contributed by atoms with Crippen molar-refractivity contribution >= 4 is 61.4 Å². The smallest absolute Gasteiger partial charge is 0.395 e. The molecule has 0 amide bonds. The topological polar surface area (TPSA) is 30.5 Å². The number of ether oxygens (including phenoxy) is 2. The van der Waals surface area contributed by atoms with Gasteiger partial charge in [-0.25, -0.2) is 0 Å². The Bertz CT molecular complexity index is 788. The summed E-state index contributed by atoms with van der Waals surface area (Å²) in [4.78, 5) is 0.580. The molecule has 1 aliphatic rings.